The highest BCUT2D eigenvalue weighted by Gasteiger charge is 2.41. The molecule has 0 spiro atoms. The van der Waals surface area contributed by atoms with Crippen LogP contribution in [-0.2, 0) is 14.3 Å². The predicted molar refractivity (Wildman–Crippen MR) is 147 cm³/mol. The molecular formula is C30H41N3O4. The van der Waals surface area contributed by atoms with E-state index in [1.165, 1.54) is 0 Å². The molecule has 1 fully saturated rings. The lowest BCUT2D eigenvalue weighted by Crippen LogP contribution is -2.56. The van der Waals surface area contributed by atoms with Crippen LogP contribution in [0.5, 0.6) is 0 Å². The number of para-hydroxylation sites is 1. The molecule has 37 heavy (non-hydrogen) atoms. The zero-order valence-corrected chi connectivity index (χ0v) is 23.4. The quantitative estimate of drug-likeness (QED) is 0.489. The molecule has 7 nitrogen and oxygen atoms in total. The summed E-state index contributed by atoms with van der Waals surface area (Å²) < 4.78 is 5.37. The van der Waals surface area contributed by atoms with E-state index >= 15 is 0 Å². The fraction of sp³-hybridized carbons (Fsp3) is 0.500. The third-order valence-corrected chi connectivity index (χ3v) is 6.80. The minimum absolute atomic E-state index is 0.0928. The Morgan fingerprint density at radius 3 is 2.11 bits per heavy atom. The molecule has 0 saturated heterocycles. The van der Waals surface area contributed by atoms with Crippen molar-refractivity contribution in [3.8, 4) is 0 Å². The molecule has 2 aromatic carbocycles. The molecule has 3 rings (SSSR count). The zero-order chi connectivity index (χ0) is 27.5. The summed E-state index contributed by atoms with van der Waals surface area (Å²) in [5, 5.41) is 5.80. The molecule has 0 aliphatic heterocycles. The summed E-state index contributed by atoms with van der Waals surface area (Å²) in [4.78, 5) is 42.1. The van der Waals surface area contributed by atoms with Gasteiger partial charge in [0.1, 0.15) is 17.7 Å². The van der Waals surface area contributed by atoms with Crippen LogP contribution < -0.4 is 10.6 Å². The van der Waals surface area contributed by atoms with Crippen LogP contribution in [0.1, 0.15) is 80.8 Å². The maximum Gasteiger partial charge on any atom is 0.408 e. The van der Waals surface area contributed by atoms with E-state index in [2.05, 4.69) is 10.6 Å². The van der Waals surface area contributed by atoms with E-state index in [0.717, 1.165) is 52.8 Å². The van der Waals surface area contributed by atoms with Gasteiger partial charge in [-0.15, -0.1) is 0 Å². The molecule has 2 N–H and O–H groups in total. The first-order valence-electron chi connectivity index (χ1n) is 13.0. The Morgan fingerprint density at radius 1 is 0.973 bits per heavy atom. The second-order valence-electron chi connectivity index (χ2n) is 11.2. The zero-order valence-electron chi connectivity index (χ0n) is 23.4. The van der Waals surface area contributed by atoms with E-state index in [4.69, 9.17) is 4.74 Å². The summed E-state index contributed by atoms with van der Waals surface area (Å²) in [6.45, 7) is 14.8. The van der Waals surface area contributed by atoms with Gasteiger partial charge in [-0.3, -0.25) is 9.59 Å². The smallest absolute Gasteiger partial charge is 0.408 e. The summed E-state index contributed by atoms with van der Waals surface area (Å²) in [7, 11) is 0. The van der Waals surface area contributed by atoms with Gasteiger partial charge in [0.2, 0.25) is 5.91 Å². The minimum atomic E-state index is -0.864. The van der Waals surface area contributed by atoms with Gasteiger partial charge < -0.3 is 20.3 Å². The number of anilines is 1. The molecule has 0 radical (unpaired) electrons. The van der Waals surface area contributed by atoms with E-state index in [9.17, 15) is 14.4 Å². The number of carbonyl (C=O) groups excluding carboxylic acids is 3. The first-order valence-corrected chi connectivity index (χ1v) is 13.0. The second-order valence-corrected chi connectivity index (χ2v) is 11.2. The van der Waals surface area contributed by atoms with E-state index in [1.807, 2.05) is 64.1 Å². The summed E-state index contributed by atoms with van der Waals surface area (Å²) >= 11 is 0. The average Bonchev–Trinajstić information content (AvgIpc) is 2.74. The van der Waals surface area contributed by atoms with Crippen LogP contribution in [-0.4, -0.2) is 40.5 Å². The number of nitrogens with zero attached hydrogens (tertiary/aromatic N) is 1. The monoisotopic (exact) mass is 507 g/mol. The van der Waals surface area contributed by atoms with E-state index in [1.54, 1.807) is 32.6 Å². The molecular weight excluding hydrogens is 466 g/mol. The Bertz CT molecular complexity index is 1140. The largest absolute Gasteiger partial charge is 0.444 e. The molecule has 0 bridgehead atoms. The van der Waals surface area contributed by atoms with Gasteiger partial charge in [0.15, 0.2) is 0 Å². The highest BCUT2D eigenvalue weighted by atomic mass is 16.6. The van der Waals surface area contributed by atoms with Crippen LogP contribution >= 0.6 is 0 Å². The number of hydrogen-bond acceptors (Lipinski definition) is 4. The molecule has 1 aliphatic rings. The highest BCUT2D eigenvalue weighted by Crippen LogP contribution is 2.36. The van der Waals surface area contributed by atoms with E-state index < -0.39 is 23.8 Å². The van der Waals surface area contributed by atoms with Crippen molar-refractivity contribution in [1.29, 1.82) is 0 Å². The van der Waals surface area contributed by atoms with Crippen LogP contribution in [0.2, 0.25) is 0 Å². The Balaban J connectivity index is 2.02. The summed E-state index contributed by atoms with van der Waals surface area (Å²) in [5.41, 5.74) is 4.77. The number of benzene rings is 2. The maximum absolute atomic E-state index is 14.1. The van der Waals surface area contributed by atoms with Crippen molar-refractivity contribution in [3.63, 3.8) is 0 Å². The third kappa shape index (κ3) is 6.90. The first kappa shape index (κ1) is 28.2. The minimum Gasteiger partial charge on any atom is -0.444 e. The molecule has 7 heteroatoms. The third-order valence-electron chi connectivity index (χ3n) is 6.80. The Morgan fingerprint density at radius 2 is 1.59 bits per heavy atom. The van der Waals surface area contributed by atoms with Crippen LogP contribution in [0, 0.1) is 27.7 Å². The Kier molecular flexibility index (Phi) is 8.67. The summed E-state index contributed by atoms with van der Waals surface area (Å²) in [5.74, 6) is -0.578. The van der Waals surface area contributed by atoms with Gasteiger partial charge in [-0.05, 0) is 96.9 Å². The van der Waals surface area contributed by atoms with Crippen LogP contribution in [0.15, 0.2) is 36.4 Å². The van der Waals surface area contributed by atoms with Gasteiger partial charge in [-0.25, -0.2) is 4.79 Å². The van der Waals surface area contributed by atoms with Crippen LogP contribution in [0.3, 0.4) is 0 Å². The average molecular weight is 508 g/mol. The fourth-order valence-electron chi connectivity index (χ4n) is 4.71. The number of rotatable bonds is 7. The van der Waals surface area contributed by atoms with Crippen molar-refractivity contribution in [2.45, 2.75) is 98.4 Å². The normalized spacial score (nSPS) is 15.2. The maximum atomic E-state index is 14.1. The number of nitrogens with one attached hydrogen (secondary N) is 2. The second kappa shape index (κ2) is 11.4. The van der Waals surface area contributed by atoms with Crippen molar-refractivity contribution >= 4 is 23.6 Å². The molecule has 1 saturated carbocycles. The van der Waals surface area contributed by atoms with E-state index in [-0.39, 0.29) is 17.9 Å². The number of alkyl carbamates (subject to hydrolysis) is 1. The summed E-state index contributed by atoms with van der Waals surface area (Å²) in [6.07, 6.45) is 1.94. The Hall–Kier alpha value is -3.35. The molecule has 0 heterocycles. The van der Waals surface area contributed by atoms with Gasteiger partial charge in [-0.2, -0.15) is 0 Å². The van der Waals surface area contributed by atoms with Gasteiger partial charge in [0.05, 0.1) is 0 Å². The molecule has 2 unspecified atom stereocenters. The van der Waals surface area contributed by atoms with Crippen LogP contribution in [0.25, 0.3) is 0 Å². The lowest BCUT2D eigenvalue weighted by atomic mass is 9.87. The molecule has 200 valence electrons. The highest BCUT2D eigenvalue weighted by molar-refractivity contribution is 6.00. The van der Waals surface area contributed by atoms with Gasteiger partial charge >= 0.3 is 6.09 Å². The van der Waals surface area contributed by atoms with E-state index in [0.29, 0.717) is 0 Å². The number of amides is 3. The number of hydrogen-bond donors (Lipinski definition) is 2. The fourth-order valence-corrected chi connectivity index (χ4v) is 4.71. The molecule has 2 atom stereocenters. The molecule has 0 aromatic heterocycles. The molecule has 3 amide bonds. The topological polar surface area (TPSA) is 87.7 Å². The molecule has 2 aromatic rings. The van der Waals surface area contributed by atoms with Crippen molar-refractivity contribution in [3.05, 3.63) is 64.2 Å². The van der Waals surface area contributed by atoms with Crippen molar-refractivity contribution in [2.75, 3.05) is 5.32 Å². The summed E-state index contributed by atoms with van der Waals surface area (Å²) in [6, 6.07) is 9.99. The predicted octanol–water partition coefficient (Wildman–Crippen LogP) is 5.89. The van der Waals surface area contributed by atoms with Crippen molar-refractivity contribution in [1.82, 2.24) is 10.2 Å². The number of aryl methyl sites for hydroxylation is 4. The van der Waals surface area contributed by atoms with Gasteiger partial charge in [0, 0.05) is 11.7 Å². The standard InChI is InChI=1S/C30H41N3O4/c1-18-15-16-24(21(4)17-18)26(27(34)32-25-19(2)11-9-12-20(25)3)33(23-13-10-14-23)28(35)22(5)31-29(36)37-30(6,7)8/h9,11-12,15-17,22-23,26H,10,13-14H2,1-8H3,(H,31,36)(H,32,34). The first-order chi connectivity index (χ1) is 17.3. The number of ether oxygens (including phenoxy) is 1. The lowest BCUT2D eigenvalue weighted by Gasteiger charge is -2.43. The van der Waals surface area contributed by atoms with Gasteiger partial charge in [0.25, 0.3) is 5.91 Å². The SMILES string of the molecule is Cc1ccc(C(C(=O)Nc2c(C)cccc2C)N(C(=O)C(C)NC(=O)OC(C)(C)C)C2CCC2)c(C)c1. The van der Waals surface area contributed by atoms with Gasteiger partial charge in [-0.1, -0.05) is 42.0 Å². The molecule has 1 aliphatic carbocycles. The van der Waals surface area contributed by atoms with Crippen LogP contribution in [0.4, 0.5) is 10.5 Å². The lowest BCUT2D eigenvalue weighted by molar-refractivity contribution is -0.145. The number of carbonyl (C=O) groups is 3. The van der Waals surface area contributed by atoms with Crippen molar-refractivity contribution in [2.24, 2.45) is 0 Å². The van der Waals surface area contributed by atoms with Crippen molar-refractivity contribution < 1.29 is 19.1 Å². The Labute approximate surface area is 221 Å².